The summed E-state index contributed by atoms with van der Waals surface area (Å²) in [6.07, 6.45) is 6.69. The predicted octanol–water partition coefficient (Wildman–Crippen LogP) is 4.95. The van der Waals surface area contributed by atoms with Gasteiger partial charge in [-0.3, -0.25) is 14.3 Å². The van der Waals surface area contributed by atoms with Gasteiger partial charge in [0.2, 0.25) is 0 Å². The Bertz CT molecular complexity index is 1620. The molecule has 0 saturated carbocycles. The van der Waals surface area contributed by atoms with Crippen LogP contribution in [0.4, 0.5) is 0 Å². The summed E-state index contributed by atoms with van der Waals surface area (Å²) < 4.78 is 12.1. The van der Waals surface area contributed by atoms with Crippen molar-refractivity contribution in [1.29, 1.82) is 0 Å². The van der Waals surface area contributed by atoms with Crippen molar-refractivity contribution in [1.82, 2.24) is 29.7 Å². The molecular weight excluding hydrogens is 496 g/mol. The summed E-state index contributed by atoms with van der Waals surface area (Å²) in [5, 5.41) is 3.84. The minimum atomic E-state index is -0.602. The van der Waals surface area contributed by atoms with Crippen molar-refractivity contribution in [2.45, 2.75) is 39.7 Å². The number of unbranched alkanes of at least 4 members (excludes halogenated alkanes) is 1. The molecule has 39 heavy (non-hydrogen) atoms. The Morgan fingerprint density at radius 1 is 1.03 bits per heavy atom. The van der Waals surface area contributed by atoms with Crippen LogP contribution in [0.15, 0.2) is 70.2 Å². The highest BCUT2D eigenvalue weighted by Crippen LogP contribution is 2.30. The second-order valence-electron chi connectivity index (χ2n) is 8.93. The molecule has 198 valence electrons. The first kappa shape index (κ1) is 25.8. The summed E-state index contributed by atoms with van der Waals surface area (Å²) in [5.74, 6) is 1.54. The summed E-state index contributed by atoms with van der Waals surface area (Å²) in [6, 6.07) is 15.7. The van der Waals surface area contributed by atoms with Crippen molar-refractivity contribution in [3.05, 3.63) is 88.6 Å². The number of H-pyrrole nitrogens is 1. The van der Waals surface area contributed by atoms with Crippen LogP contribution in [0.2, 0.25) is 0 Å². The lowest BCUT2D eigenvalue weighted by Crippen LogP contribution is -2.09. The number of carbonyl (C=O) groups excluding carboxylic acids is 1. The Morgan fingerprint density at radius 2 is 1.77 bits per heavy atom. The van der Waals surface area contributed by atoms with E-state index < -0.39 is 5.76 Å². The van der Waals surface area contributed by atoms with Crippen LogP contribution in [-0.2, 0) is 13.0 Å². The van der Waals surface area contributed by atoms with Crippen LogP contribution in [0.5, 0.6) is 5.75 Å². The SMILES string of the molecule is CCCCc1nc(-c2ncc(OCC)cn2)c(C=O)n1Cc1ccc(-c2ccccc2-c2noc(=O)[nH]2)cc1. The third kappa shape index (κ3) is 5.54. The molecule has 3 aromatic heterocycles. The molecule has 0 unspecified atom stereocenters. The standard InChI is InChI=1S/C29H28N6O4/c1-3-5-10-25-32-26(28-30-15-21(16-31-28)38-4-2)24(18-36)35(25)17-19-11-13-20(14-12-19)22-8-6-7-9-23(22)27-33-29(37)39-34-27/h6-9,11-16,18H,3-5,10,17H2,1-2H3,(H,33,34,37). The van der Waals surface area contributed by atoms with Gasteiger partial charge < -0.3 is 9.30 Å². The first-order chi connectivity index (χ1) is 19.1. The number of aromatic amines is 1. The summed E-state index contributed by atoms with van der Waals surface area (Å²) in [6.45, 7) is 5.00. The van der Waals surface area contributed by atoms with Crippen molar-refractivity contribution >= 4 is 6.29 Å². The van der Waals surface area contributed by atoms with Gasteiger partial charge in [-0.05, 0) is 30.0 Å². The molecule has 0 fully saturated rings. The molecule has 0 aliphatic heterocycles. The average Bonchev–Trinajstić information content (AvgIpc) is 3.56. The highest BCUT2D eigenvalue weighted by Gasteiger charge is 2.20. The van der Waals surface area contributed by atoms with E-state index in [0.29, 0.717) is 41.9 Å². The fraction of sp³-hybridized carbons (Fsp3) is 0.241. The topological polar surface area (TPSA) is 129 Å². The fourth-order valence-electron chi connectivity index (χ4n) is 4.44. The average molecular weight is 525 g/mol. The Hall–Kier alpha value is -4.86. The smallest absolute Gasteiger partial charge is 0.439 e. The van der Waals surface area contributed by atoms with Crippen LogP contribution < -0.4 is 10.5 Å². The fourth-order valence-corrected chi connectivity index (χ4v) is 4.44. The van der Waals surface area contributed by atoms with E-state index in [9.17, 15) is 9.59 Å². The van der Waals surface area contributed by atoms with E-state index in [1.807, 2.05) is 60.0 Å². The molecule has 0 aliphatic carbocycles. The van der Waals surface area contributed by atoms with Gasteiger partial charge in [-0.2, -0.15) is 0 Å². The molecule has 0 spiro atoms. The first-order valence-corrected chi connectivity index (χ1v) is 12.9. The Labute approximate surface area is 224 Å². The molecule has 0 bridgehead atoms. The maximum atomic E-state index is 12.3. The predicted molar refractivity (Wildman–Crippen MR) is 146 cm³/mol. The molecule has 10 nitrogen and oxygen atoms in total. The van der Waals surface area contributed by atoms with Gasteiger partial charge in [0.1, 0.15) is 17.2 Å². The normalized spacial score (nSPS) is 11.0. The van der Waals surface area contributed by atoms with E-state index in [4.69, 9.17) is 14.2 Å². The number of imidazole rings is 1. The maximum absolute atomic E-state index is 12.3. The van der Waals surface area contributed by atoms with Crippen molar-refractivity contribution in [3.63, 3.8) is 0 Å². The zero-order valence-corrected chi connectivity index (χ0v) is 21.8. The third-order valence-electron chi connectivity index (χ3n) is 6.33. The van der Waals surface area contributed by atoms with Gasteiger partial charge in [0.15, 0.2) is 23.7 Å². The van der Waals surface area contributed by atoms with Gasteiger partial charge >= 0.3 is 5.76 Å². The third-order valence-corrected chi connectivity index (χ3v) is 6.33. The monoisotopic (exact) mass is 524 g/mol. The van der Waals surface area contributed by atoms with Crippen molar-refractivity contribution in [2.75, 3.05) is 6.61 Å². The van der Waals surface area contributed by atoms with Gasteiger partial charge in [0, 0.05) is 18.5 Å². The Balaban J connectivity index is 1.47. The van der Waals surface area contributed by atoms with E-state index in [1.165, 1.54) is 0 Å². The zero-order valence-electron chi connectivity index (χ0n) is 21.8. The summed E-state index contributed by atoms with van der Waals surface area (Å²) in [4.78, 5) is 40.0. The van der Waals surface area contributed by atoms with Crippen molar-refractivity contribution < 1.29 is 14.1 Å². The largest absolute Gasteiger partial charge is 0.491 e. The second kappa shape index (κ2) is 11.7. The molecule has 0 amide bonds. The van der Waals surface area contributed by atoms with Crippen LogP contribution >= 0.6 is 0 Å². The van der Waals surface area contributed by atoms with Gasteiger partial charge in [-0.25, -0.2) is 19.7 Å². The van der Waals surface area contributed by atoms with Crippen LogP contribution in [-0.4, -0.2) is 42.6 Å². The van der Waals surface area contributed by atoms with Gasteiger partial charge in [-0.1, -0.05) is 67.0 Å². The van der Waals surface area contributed by atoms with Crippen LogP contribution in [0, 0.1) is 0 Å². The van der Waals surface area contributed by atoms with Gasteiger partial charge in [0.05, 0.1) is 19.0 Å². The lowest BCUT2D eigenvalue weighted by molar-refractivity contribution is 0.111. The number of aryl methyl sites for hydroxylation is 1. The van der Waals surface area contributed by atoms with Crippen molar-refractivity contribution in [3.8, 4) is 39.8 Å². The lowest BCUT2D eigenvalue weighted by atomic mass is 9.98. The molecule has 0 saturated heterocycles. The molecule has 3 heterocycles. The minimum absolute atomic E-state index is 0.373. The molecule has 0 radical (unpaired) electrons. The molecule has 2 aromatic carbocycles. The number of aldehydes is 1. The number of hydrogen-bond donors (Lipinski definition) is 1. The highest BCUT2D eigenvalue weighted by atomic mass is 16.5. The quantitative estimate of drug-likeness (QED) is 0.240. The maximum Gasteiger partial charge on any atom is 0.439 e. The van der Waals surface area contributed by atoms with Crippen molar-refractivity contribution in [2.24, 2.45) is 0 Å². The molecular formula is C29H28N6O4. The number of benzene rings is 2. The highest BCUT2D eigenvalue weighted by molar-refractivity contribution is 5.82. The molecule has 0 atom stereocenters. The minimum Gasteiger partial charge on any atom is -0.491 e. The molecule has 0 aliphatic rings. The first-order valence-electron chi connectivity index (χ1n) is 12.9. The summed E-state index contributed by atoms with van der Waals surface area (Å²) >= 11 is 0. The Kier molecular flexibility index (Phi) is 7.72. The molecule has 1 N–H and O–H groups in total. The van der Waals surface area contributed by atoms with Crippen LogP contribution in [0.1, 0.15) is 48.6 Å². The number of ether oxygens (including phenoxy) is 1. The number of nitrogens with zero attached hydrogens (tertiary/aromatic N) is 5. The molecule has 5 aromatic rings. The lowest BCUT2D eigenvalue weighted by Gasteiger charge is -2.12. The number of carbonyl (C=O) groups is 1. The molecule has 5 rings (SSSR count). The Morgan fingerprint density at radius 3 is 2.41 bits per heavy atom. The van der Waals surface area contributed by atoms with Crippen LogP contribution in [0.25, 0.3) is 34.0 Å². The van der Waals surface area contributed by atoms with E-state index in [2.05, 4.69) is 27.0 Å². The van der Waals surface area contributed by atoms with E-state index in [1.54, 1.807) is 12.4 Å². The van der Waals surface area contributed by atoms with E-state index >= 15 is 0 Å². The van der Waals surface area contributed by atoms with Gasteiger partial charge in [0.25, 0.3) is 0 Å². The number of hydrogen-bond acceptors (Lipinski definition) is 8. The number of rotatable bonds is 11. The molecule has 10 heteroatoms. The summed E-state index contributed by atoms with van der Waals surface area (Å²) in [5.41, 5.74) is 4.53. The van der Waals surface area contributed by atoms with E-state index in [-0.39, 0.29) is 0 Å². The number of nitrogens with one attached hydrogen (secondary N) is 1. The van der Waals surface area contributed by atoms with E-state index in [0.717, 1.165) is 53.6 Å². The summed E-state index contributed by atoms with van der Waals surface area (Å²) in [7, 11) is 0. The zero-order chi connectivity index (χ0) is 27.2. The van der Waals surface area contributed by atoms with Gasteiger partial charge in [-0.15, -0.1) is 0 Å². The number of aromatic nitrogens is 6. The second-order valence-corrected chi connectivity index (χ2v) is 8.93. The van der Waals surface area contributed by atoms with Crippen LogP contribution in [0.3, 0.4) is 0 Å².